The fraction of sp³-hybridized carbons (Fsp3) is 0.389. The third kappa shape index (κ3) is 4.10. The number of hydrogen-bond acceptors (Lipinski definition) is 6. The molecule has 29 heavy (non-hydrogen) atoms. The van der Waals surface area contributed by atoms with Crippen LogP contribution < -0.4 is 0 Å². The largest absolute Gasteiger partial charge is 0.481 e. The summed E-state index contributed by atoms with van der Waals surface area (Å²) < 4.78 is 72.1. The minimum Gasteiger partial charge on any atom is -0.481 e. The van der Waals surface area contributed by atoms with E-state index in [0.717, 1.165) is 12.1 Å². The second-order valence-electron chi connectivity index (χ2n) is 6.69. The number of halogens is 3. The second kappa shape index (κ2) is 7.71. The van der Waals surface area contributed by atoms with Gasteiger partial charge in [0.25, 0.3) is 0 Å². The van der Waals surface area contributed by atoms with Crippen molar-refractivity contribution in [2.75, 3.05) is 7.11 Å². The van der Waals surface area contributed by atoms with Crippen molar-refractivity contribution >= 4 is 15.8 Å². The van der Waals surface area contributed by atoms with Gasteiger partial charge in [0.05, 0.1) is 27.7 Å². The van der Waals surface area contributed by atoms with Crippen LogP contribution in [0.5, 0.6) is 0 Å². The molecule has 7 nitrogen and oxygen atoms in total. The average Bonchev–Trinajstić information content (AvgIpc) is 3.13. The van der Waals surface area contributed by atoms with Gasteiger partial charge in [-0.1, -0.05) is 6.07 Å². The summed E-state index contributed by atoms with van der Waals surface area (Å²) in [7, 11) is -3.21. The quantitative estimate of drug-likeness (QED) is 0.777. The molecule has 0 amide bonds. The van der Waals surface area contributed by atoms with E-state index in [1.54, 1.807) is 0 Å². The van der Waals surface area contributed by atoms with E-state index >= 15 is 0 Å². The molecule has 156 valence electrons. The first-order valence-electron chi connectivity index (χ1n) is 8.51. The molecule has 0 unspecified atom stereocenters. The lowest BCUT2D eigenvalue weighted by molar-refractivity contribution is -0.145. The van der Waals surface area contributed by atoms with Gasteiger partial charge in [0.1, 0.15) is 6.33 Å². The van der Waals surface area contributed by atoms with Crippen molar-refractivity contribution < 1.29 is 36.2 Å². The monoisotopic (exact) mass is 430 g/mol. The number of ether oxygens (including phenoxy) is 1. The highest BCUT2D eigenvalue weighted by Crippen LogP contribution is 2.41. The number of aliphatic carboxylic acids is 1. The zero-order valence-corrected chi connectivity index (χ0v) is 15.9. The smallest absolute Gasteiger partial charge is 0.417 e. The molecule has 2 aromatic rings. The molecular formula is C18H17F3N2O5S. The van der Waals surface area contributed by atoms with E-state index in [9.17, 15) is 31.5 Å². The van der Waals surface area contributed by atoms with E-state index in [0.29, 0.717) is 5.56 Å². The highest BCUT2D eigenvalue weighted by molar-refractivity contribution is 7.92. The van der Waals surface area contributed by atoms with Gasteiger partial charge in [-0.2, -0.15) is 13.2 Å². The van der Waals surface area contributed by atoms with Gasteiger partial charge in [-0.05, 0) is 30.5 Å². The number of carboxylic acid groups (broad SMARTS) is 1. The minimum absolute atomic E-state index is 0.112. The van der Waals surface area contributed by atoms with Crippen LogP contribution in [0.25, 0.3) is 11.1 Å². The van der Waals surface area contributed by atoms with E-state index in [4.69, 9.17) is 4.74 Å². The molecule has 3 rings (SSSR count). The Hall–Kier alpha value is -2.53. The van der Waals surface area contributed by atoms with Crippen molar-refractivity contribution in [3.63, 3.8) is 0 Å². The molecule has 1 saturated carbocycles. The molecule has 11 heteroatoms. The van der Waals surface area contributed by atoms with Gasteiger partial charge in [0.2, 0.25) is 0 Å². The molecule has 0 bridgehead atoms. The van der Waals surface area contributed by atoms with Crippen molar-refractivity contribution in [2.24, 2.45) is 5.92 Å². The maximum atomic E-state index is 13.7. The average molecular weight is 430 g/mol. The number of alkyl halides is 3. The van der Waals surface area contributed by atoms with Crippen LogP contribution >= 0.6 is 0 Å². The van der Waals surface area contributed by atoms with E-state index < -0.39 is 49.7 Å². The van der Waals surface area contributed by atoms with Crippen molar-refractivity contribution in [2.45, 2.75) is 35.3 Å². The number of carbonyl (C=O) groups is 1. The van der Waals surface area contributed by atoms with Gasteiger partial charge in [-0.25, -0.2) is 18.4 Å². The molecule has 1 aliphatic carbocycles. The van der Waals surface area contributed by atoms with Crippen LogP contribution in [0.4, 0.5) is 13.2 Å². The number of carboxylic acids is 1. The van der Waals surface area contributed by atoms with Crippen molar-refractivity contribution in [1.82, 2.24) is 9.97 Å². The number of sulfone groups is 1. The van der Waals surface area contributed by atoms with Gasteiger partial charge in [0.15, 0.2) is 9.84 Å². The first-order chi connectivity index (χ1) is 13.6. The fourth-order valence-corrected chi connectivity index (χ4v) is 5.54. The third-order valence-corrected chi connectivity index (χ3v) is 7.24. The van der Waals surface area contributed by atoms with Crippen LogP contribution in [0, 0.1) is 5.92 Å². The summed E-state index contributed by atoms with van der Waals surface area (Å²) in [5.74, 6) is -2.35. The van der Waals surface area contributed by atoms with Crippen LogP contribution in [0.2, 0.25) is 0 Å². The van der Waals surface area contributed by atoms with Gasteiger partial charge in [-0.15, -0.1) is 0 Å². The molecule has 1 aliphatic rings. The lowest BCUT2D eigenvalue weighted by Crippen LogP contribution is -2.24. The van der Waals surface area contributed by atoms with Crippen molar-refractivity contribution in [1.29, 1.82) is 0 Å². The lowest BCUT2D eigenvalue weighted by Gasteiger charge is -2.18. The minimum atomic E-state index is -4.93. The van der Waals surface area contributed by atoms with Gasteiger partial charge >= 0.3 is 12.1 Å². The van der Waals surface area contributed by atoms with Crippen LogP contribution in [0.1, 0.15) is 18.4 Å². The summed E-state index contributed by atoms with van der Waals surface area (Å²) in [4.78, 5) is 18.0. The Bertz CT molecular complexity index is 1010. The van der Waals surface area contributed by atoms with E-state index in [1.165, 1.54) is 31.9 Å². The molecule has 1 N–H and O–H groups in total. The molecule has 3 atom stereocenters. The molecule has 1 aromatic heterocycles. The lowest BCUT2D eigenvalue weighted by atomic mass is 10.1. The predicted octanol–water partition coefficient (Wildman–Crippen LogP) is 2.81. The summed E-state index contributed by atoms with van der Waals surface area (Å²) >= 11 is 0. The Kier molecular flexibility index (Phi) is 5.63. The number of benzene rings is 1. The van der Waals surface area contributed by atoms with Crippen molar-refractivity contribution in [3.8, 4) is 11.1 Å². The van der Waals surface area contributed by atoms with E-state index in [-0.39, 0.29) is 18.4 Å². The van der Waals surface area contributed by atoms with Crippen LogP contribution in [-0.4, -0.2) is 47.9 Å². The SMILES string of the molecule is CO[C@H]1C[C@@H](S(=O)(=O)c2ccc(-c3cncnc3)cc2C(F)(F)F)C[C@@H]1C(=O)O. The summed E-state index contributed by atoms with van der Waals surface area (Å²) in [6.07, 6.45) is -2.48. The van der Waals surface area contributed by atoms with E-state index in [1.807, 2.05) is 0 Å². The zero-order chi connectivity index (χ0) is 21.4. The Labute approximate surface area is 164 Å². The molecule has 0 spiro atoms. The highest BCUT2D eigenvalue weighted by Gasteiger charge is 2.47. The van der Waals surface area contributed by atoms with Crippen LogP contribution in [-0.2, 0) is 25.5 Å². The Morgan fingerprint density at radius 3 is 2.34 bits per heavy atom. The fourth-order valence-electron chi connectivity index (χ4n) is 3.54. The molecule has 1 heterocycles. The van der Waals surface area contributed by atoms with E-state index in [2.05, 4.69) is 9.97 Å². The van der Waals surface area contributed by atoms with Crippen LogP contribution in [0.15, 0.2) is 41.8 Å². The number of hydrogen-bond donors (Lipinski definition) is 1. The van der Waals surface area contributed by atoms with Gasteiger partial charge in [-0.3, -0.25) is 4.79 Å². The first-order valence-corrected chi connectivity index (χ1v) is 10.1. The number of rotatable bonds is 5. The molecular weight excluding hydrogens is 413 g/mol. The molecule has 1 aromatic carbocycles. The van der Waals surface area contributed by atoms with Crippen LogP contribution in [0.3, 0.4) is 0 Å². The summed E-state index contributed by atoms with van der Waals surface area (Å²) in [6, 6.07) is 2.89. The standard InChI is InChI=1S/C18H17F3N2O5S/c1-28-15-6-12(5-13(15)17(24)25)29(26,27)16-3-2-10(4-14(16)18(19,20)21)11-7-22-9-23-8-11/h2-4,7-9,12-13,15H,5-6H2,1H3,(H,24,25)/t12-,13-,15-/m0/s1. The Balaban J connectivity index is 2.06. The highest BCUT2D eigenvalue weighted by atomic mass is 32.2. The summed E-state index contributed by atoms with van der Waals surface area (Å²) in [5.41, 5.74) is -0.902. The Morgan fingerprint density at radius 1 is 1.17 bits per heavy atom. The number of aromatic nitrogens is 2. The molecule has 0 radical (unpaired) electrons. The maximum Gasteiger partial charge on any atom is 0.417 e. The molecule has 0 saturated heterocycles. The molecule has 0 aliphatic heterocycles. The predicted molar refractivity (Wildman–Crippen MR) is 94.6 cm³/mol. The number of methoxy groups -OCH3 is 1. The topological polar surface area (TPSA) is 106 Å². The Morgan fingerprint density at radius 2 is 1.83 bits per heavy atom. The third-order valence-electron chi connectivity index (χ3n) is 5.00. The zero-order valence-electron chi connectivity index (χ0n) is 15.1. The summed E-state index contributed by atoms with van der Waals surface area (Å²) in [6.45, 7) is 0. The normalized spacial score (nSPS) is 22.6. The number of nitrogens with zero attached hydrogens (tertiary/aromatic N) is 2. The maximum absolute atomic E-state index is 13.7. The van der Waals surface area contributed by atoms with Gasteiger partial charge < -0.3 is 9.84 Å². The first kappa shape index (κ1) is 21.2. The van der Waals surface area contributed by atoms with Crippen molar-refractivity contribution in [3.05, 3.63) is 42.5 Å². The second-order valence-corrected chi connectivity index (χ2v) is 8.89. The summed E-state index contributed by atoms with van der Waals surface area (Å²) in [5, 5.41) is 7.96. The van der Waals surface area contributed by atoms with Gasteiger partial charge in [0, 0.05) is 25.1 Å². The molecule has 1 fully saturated rings.